The van der Waals surface area contributed by atoms with Gasteiger partial charge in [-0.05, 0) is 81.1 Å². The molecule has 0 heterocycles. The van der Waals surface area contributed by atoms with E-state index in [1.165, 1.54) is 0 Å². The molecule has 0 bridgehead atoms. The first kappa shape index (κ1) is 23.1. The molecule has 34 heavy (non-hydrogen) atoms. The third kappa shape index (κ3) is 4.25. The average Bonchev–Trinajstić information content (AvgIpc) is 2.79. The van der Waals surface area contributed by atoms with Gasteiger partial charge in [0.25, 0.3) is 0 Å². The SMILES string of the molecule is Cc1cc(C)c(N(c2cc(O)c(C)cc2C)c2ccccc2Oc2cccc(O)c2C)cc1O. The topological polar surface area (TPSA) is 73.2 Å². The normalized spacial score (nSPS) is 10.9. The molecule has 3 N–H and O–H groups in total. The van der Waals surface area contributed by atoms with E-state index in [0.29, 0.717) is 17.1 Å². The first-order chi connectivity index (χ1) is 16.2. The molecule has 4 aromatic carbocycles. The lowest BCUT2D eigenvalue weighted by molar-refractivity contribution is 0.448. The fourth-order valence-corrected chi connectivity index (χ4v) is 4.09. The van der Waals surface area contributed by atoms with Crippen molar-refractivity contribution >= 4 is 17.1 Å². The number of aryl methyl sites for hydroxylation is 4. The third-order valence-corrected chi connectivity index (χ3v) is 6.09. The van der Waals surface area contributed by atoms with E-state index in [1.807, 2.05) is 75.1 Å². The maximum atomic E-state index is 10.6. The minimum Gasteiger partial charge on any atom is -0.508 e. The number of benzene rings is 4. The second-order valence-corrected chi connectivity index (χ2v) is 8.66. The van der Waals surface area contributed by atoms with Crippen LogP contribution in [0.4, 0.5) is 17.1 Å². The molecule has 0 radical (unpaired) electrons. The molecule has 4 aromatic rings. The van der Waals surface area contributed by atoms with Crippen LogP contribution in [0.2, 0.25) is 0 Å². The van der Waals surface area contributed by atoms with Crippen molar-refractivity contribution in [3.8, 4) is 28.7 Å². The van der Waals surface area contributed by atoms with Crippen LogP contribution in [0.1, 0.15) is 27.8 Å². The first-order valence-electron chi connectivity index (χ1n) is 11.1. The van der Waals surface area contributed by atoms with Crippen LogP contribution in [-0.4, -0.2) is 15.3 Å². The minimum absolute atomic E-state index is 0.158. The Morgan fingerprint density at radius 3 is 1.65 bits per heavy atom. The zero-order chi connectivity index (χ0) is 24.6. The summed E-state index contributed by atoms with van der Waals surface area (Å²) >= 11 is 0. The van der Waals surface area contributed by atoms with Crippen molar-refractivity contribution in [2.75, 3.05) is 4.90 Å². The summed E-state index contributed by atoms with van der Waals surface area (Å²) < 4.78 is 6.31. The number of hydrogen-bond acceptors (Lipinski definition) is 5. The Hall–Kier alpha value is -4.12. The molecule has 0 aromatic heterocycles. The zero-order valence-corrected chi connectivity index (χ0v) is 20.0. The van der Waals surface area contributed by atoms with Gasteiger partial charge >= 0.3 is 0 Å². The molecule has 0 aliphatic carbocycles. The van der Waals surface area contributed by atoms with Crippen molar-refractivity contribution in [3.63, 3.8) is 0 Å². The molecule has 0 aliphatic rings. The van der Waals surface area contributed by atoms with Gasteiger partial charge in [0.2, 0.25) is 0 Å². The van der Waals surface area contributed by atoms with Gasteiger partial charge in [-0.2, -0.15) is 0 Å². The van der Waals surface area contributed by atoms with E-state index in [2.05, 4.69) is 0 Å². The summed E-state index contributed by atoms with van der Waals surface area (Å²) in [6.07, 6.45) is 0. The van der Waals surface area contributed by atoms with Gasteiger partial charge in [0.15, 0.2) is 5.75 Å². The lowest BCUT2D eigenvalue weighted by Gasteiger charge is -2.30. The molecule has 5 nitrogen and oxygen atoms in total. The van der Waals surface area contributed by atoms with Crippen LogP contribution in [-0.2, 0) is 0 Å². The Kier molecular flexibility index (Phi) is 6.12. The van der Waals surface area contributed by atoms with Crippen LogP contribution in [0.5, 0.6) is 28.7 Å². The number of rotatable bonds is 5. The van der Waals surface area contributed by atoms with E-state index < -0.39 is 0 Å². The Bertz CT molecular complexity index is 1320. The number of aromatic hydroxyl groups is 3. The van der Waals surface area contributed by atoms with Crippen LogP contribution in [0.15, 0.2) is 66.7 Å². The van der Waals surface area contributed by atoms with Crippen LogP contribution in [0.3, 0.4) is 0 Å². The maximum Gasteiger partial charge on any atom is 0.151 e. The average molecular weight is 456 g/mol. The quantitative estimate of drug-likeness (QED) is 0.289. The van der Waals surface area contributed by atoms with Gasteiger partial charge in [-0.1, -0.05) is 30.3 Å². The van der Waals surface area contributed by atoms with E-state index in [9.17, 15) is 15.3 Å². The molecule has 0 spiro atoms. The van der Waals surface area contributed by atoms with E-state index >= 15 is 0 Å². The first-order valence-corrected chi connectivity index (χ1v) is 11.1. The number of hydrogen-bond donors (Lipinski definition) is 3. The highest BCUT2D eigenvalue weighted by atomic mass is 16.5. The smallest absolute Gasteiger partial charge is 0.151 e. The second-order valence-electron chi connectivity index (χ2n) is 8.66. The predicted molar refractivity (Wildman–Crippen MR) is 136 cm³/mol. The number of ether oxygens (including phenoxy) is 1. The van der Waals surface area contributed by atoms with Crippen molar-refractivity contribution in [2.24, 2.45) is 0 Å². The zero-order valence-electron chi connectivity index (χ0n) is 20.0. The molecule has 0 aliphatic heterocycles. The van der Waals surface area contributed by atoms with Gasteiger partial charge in [0.05, 0.1) is 17.1 Å². The van der Waals surface area contributed by atoms with Crippen molar-refractivity contribution in [2.45, 2.75) is 34.6 Å². The van der Waals surface area contributed by atoms with E-state index in [4.69, 9.17) is 4.74 Å². The van der Waals surface area contributed by atoms with Crippen LogP contribution >= 0.6 is 0 Å². The molecule has 0 amide bonds. The summed E-state index contributed by atoms with van der Waals surface area (Å²) in [6, 6.07) is 20.1. The van der Waals surface area contributed by atoms with Crippen LogP contribution in [0.25, 0.3) is 0 Å². The third-order valence-electron chi connectivity index (χ3n) is 6.09. The molecule has 0 unspecified atom stereocenters. The molecule has 4 rings (SSSR count). The number of para-hydroxylation sites is 2. The van der Waals surface area contributed by atoms with Crippen LogP contribution in [0, 0.1) is 34.6 Å². The number of phenolic OH excluding ortho intramolecular Hbond substituents is 3. The Balaban J connectivity index is 1.97. The van der Waals surface area contributed by atoms with E-state index in [0.717, 1.165) is 39.3 Å². The molecule has 0 atom stereocenters. The lowest BCUT2D eigenvalue weighted by atomic mass is 10.0. The second kappa shape index (κ2) is 9.02. The summed E-state index contributed by atoms with van der Waals surface area (Å²) in [4.78, 5) is 1.98. The fourth-order valence-electron chi connectivity index (χ4n) is 4.09. The Labute approximate surface area is 200 Å². The van der Waals surface area contributed by atoms with Gasteiger partial charge in [-0.15, -0.1) is 0 Å². The number of phenols is 3. The highest BCUT2D eigenvalue weighted by Crippen LogP contribution is 2.46. The van der Waals surface area contributed by atoms with Crippen LogP contribution < -0.4 is 9.64 Å². The summed E-state index contributed by atoms with van der Waals surface area (Å²) in [7, 11) is 0. The standard InChI is InChI=1S/C29H29NO4/c1-17-13-19(3)26(32)15-23(17)30(24-16-27(33)20(4)14-18(24)2)22-9-6-7-11-29(22)34-28-12-8-10-25(31)21(28)5/h6-16,31-33H,1-5H3. The van der Waals surface area contributed by atoms with Gasteiger partial charge in [0.1, 0.15) is 23.0 Å². The fraction of sp³-hybridized carbons (Fsp3) is 0.172. The molecule has 0 fully saturated rings. The maximum absolute atomic E-state index is 10.6. The van der Waals surface area contributed by atoms with Crippen molar-refractivity contribution in [1.29, 1.82) is 0 Å². The van der Waals surface area contributed by atoms with Gasteiger partial charge in [0, 0.05) is 17.7 Å². The molecule has 0 saturated carbocycles. The largest absolute Gasteiger partial charge is 0.508 e. The molecule has 5 heteroatoms. The molecule has 174 valence electrons. The van der Waals surface area contributed by atoms with Crippen molar-refractivity contribution < 1.29 is 20.1 Å². The number of nitrogens with zero attached hydrogens (tertiary/aromatic N) is 1. The molecular formula is C29H29NO4. The summed E-state index contributed by atoms with van der Waals surface area (Å²) in [6.45, 7) is 9.50. The Morgan fingerprint density at radius 1 is 0.529 bits per heavy atom. The van der Waals surface area contributed by atoms with Crippen molar-refractivity contribution in [1.82, 2.24) is 0 Å². The highest BCUT2D eigenvalue weighted by Gasteiger charge is 2.23. The van der Waals surface area contributed by atoms with Gasteiger partial charge in [-0.25, -0.2) is 0 Å². The Morgan fingerprint density at radius 2 is 1.06 bits per heavy atom. The monoisotopic (exact) mass is 455 g/mol. The van der Waals surface area contributed by atoms with Gasteiger partial charge in [-0.3, -0.25) is 0 Å². The molecular weight excluding hydrogens is 426 g/mol. The van der Waals surface area contributed by atoms with E-state index in [-0.39, 0.29) is 17.2 Å². The summed E-state index contributed by atoms with van der Waals surface area (Å²) in [5, 5.41) is 31.3. The highest BCUT2D eigenvalue weighted by molar-refractivity contribution is 5.84. The predicted octanol–water partition coefficient (Wildman–Crippen LogP) is 7.61. The minimum atomic E-state index is 0.158. The number of anilines is 3. The van der Waals surface area contributed by atoms with Crippen molar-refractivity contribution in [3.05, 3.63) is 94.5 Å². The van der Waals surface area contributed by atoms with Gasteiger partial charge < -0.3 is 25.0 Å². The summed E-state index contributed by atoms with van der Waals surface area (Å²) in [5.41, 5.74) is 6.36. The summed E-state index contributed by atoms with van der Waals surface area (Å²) in [5.74, 6) is 1.63. The molecule has 0 saturated heterocycles. The van der Waals surface area contributed by atoms with E-state index in [1.54, 1.807) is 31.2 Å². The lowest BCUT2D eigenvalue weighted by Crippen LogP contribution is -2.14.